The second kappa shape index (κ2) is 13.9. The molecule has 0 aromatic heterocycles. The summed E-state index contributed by atoms with van der Waals surface area (Å²) in [7, 11) is -1.24. The maximum atomic E-state index is 8.94. The quantitative estimate of drug-likeness (QED) is 0.129. The van der Waals surface area contributed by atoms with Crippen molar-refractivity contribution in [3.63, 3.8) is 0 Å². The monoisotopic (exact) mass is 494 g/mol. The summed E-state index contributed by atoms with van der Waals surface area (Å²) in [6.07, 6.45) is 2.08. The van der Waals surface area contributed by atoms with Gasteiger partial charge in [0.05, 0.1) is 31.8 Å². The maximum absolute atomic E-state index is 8.94. The Morgan fingerprint density at radius 1 is 0.914 bits per heavy atom. The van der Waals surface area contributed by atoms with Crippen molar-refractivity contribution in [1.29, 1.82) is 5.26 Å². The normalized spacial score (nSPS) is 13.7. The summed E-state index contributed by atoms with van der Waals surface area (Å²) in [4.78, 5) is 0. The molecule has 0 saturated carbocycles. The Morgan fingerprint density at radius 2 is 1.51 bits per heavy atom. The first-order valence-corrected chi connectivity index (χ1v) is 13.8. The largest absolute Gasteiger partial charge is 0.377 e. The third-order valence-corrected chi connectivity index (χ3v) is 8.25. The van der Waals surface area contributed by atoms with Crippen molar-refractivity contribution < 1.29 is 13.8 Å². The van der Waals surface area contributed by atoms with Crippen LogP contribution in [-0.4, -0.2) is 36.1 Å². The third kappa shape index (κ3) is 7.46. The highest BCUT2D eigenvalue weighted by molar-refractivity contribution is 7.44. The summed E-state index contributed by atoms with van der Waals surface area (Å²) in [5, 5.41) is 13.9. The van der Waals surface area contributed by atoms with E-state index in [0.717, 1.165) is 12.8 Å². The summed E-state index contributed by atoms with van der Waals surface area (Å²) < 4.78 is 21.1. The summed E-state index contributed by atoms with van der Waals surface area (Å²) in [6.45, 7) is 12.3. The van der Waals surface area contributed by atoms with Crippen LogP contribution in [0.2, 0.25) is 0 Å². The Labute approximate surface area is 211 Å². The number of rotatable bonds is 14. The molecule has 2 atom stereocenters. The lowest BCUT2D eigenvalue weighted by Crippen LogP contribution is -2.34. The highest BCUT2D eigenvalue weighted by Gasteiger charge is 2.29. The third-order valence-electron chi connectivity index (χ3n) is 6.07. The van der Waals surface area contributed by atoms with E-state index in [9.17, 15) is 0 Å². The minimum Gasteiger partial charge on any atom is -0.377 e. The molecular weight excluding hydrogens is 455 g/mol. The van der Waals surface area contributed by atoms with Crippen LogP contribution in [0.15, 0.2) is 54.6 Å². The standard InChI is InChI=1S/C29H39N2O3P/c1-6-26(34-35(33-18-11-17-30)31(22(2)3)23(4)5)16-19-32-21-29-27-14-9-7-12-24(27)20-25-13-8-10-15-28(25)29/h7-10,12-15,20,22-23,26H,6,11,16,18-19,21H2,1-5H3/t26-,35?/m1/s1. The van der Waals surface area contributed by atoms with Gasteiger partial charge in [-0.3, -0.25) is 0 Å². The fourth-order valence-electron chi connectivity index (χ4n) is 4.41. The molecule has 0 fully saturated rings. The number of ether oxygens (including phenoxy) is 1. The van der Waals surface area contributed by atoms with E-state index in [1.165, 1.54) is 27.1 Å². The van der Waals surface area contributed by atoms with Crippen molar-refractivity contribution in [2.75, 3.05) is 13.2 Å². The lowest BCUT2D eigenvalue weighted by Gasteiger charge is -2.37. The first-order chi connectivity index (χ1) is 17.0. The number of hydrogen-bond acceptors (Lipinski definition) is 5. The van der Waals surface area contributed by atoms with Gasteiger partial charge in [-0.05, 0) is 73.7 Å². The molecule has 3 aromatic rings. The molecule has 35 heavy (non-hydrogen) atoms. The Kier molecular flexibility index (Phi) is 10.9. The average molecular weight is 495 g/mol. The van der Waals surface area contributed by atoms with Crippen LogP contribution < -0.4 is 0 Å². The van der Waals surface area contributed by atoms with E-state index in [0.29, 0.717) is 26.2 Å². The fraction of sp³-hybridized carbons (Fsp3) is 0.483. The topological polar surface area (TPSA) is 54.7 Å². The Balaban J connectivity index is 1.66. The van der Waals surface area contributed by atoms with Gasteiger partial charge in [0.2, 0.25) is 0 Å². The van der Waals surface area contributed by atoms with Gasteiger partial charge < -0.3 is 13.8 Å². The number of nitriles is 1. The van der Waals surface area contributed by atoms with Crippen LogP contribution in [0.25, 0.3) is 21.5 Å². The van der Waals surface area contributed by atoms with Crippen molar-refractivity contribution in [1.82, 2.24) is 4.67 Å². The fourth-order valence-corrected chi connectivity index (χ4v) is 6.22. The van der Waals surface area contributed by atoms with Gasteiger partial charge in [-0.2, -0.15) is 5.26 Å². The number of fused-ring (bicyclic) bond motifs is 2. The number of hydrogen-bond donors (Lipinski definition) is 0. The summed E-state index contributed by atoms with van der Waals surface area (Å²) in [6, 6.07) is 22.0. The van der Waals surface area contributed by atoms with E-state index in [-0.39, 0.29) is 18.2 Å². The van der Waals surface area contributed by atoms with Crippen molar-refractivity contribution in [3.8, 4) is 6.07 Å². The van der Waals surface area contributed by atoms with Crippen LogP contribution in [0.5, 0.6) is 0 Å². The molecule has 0 bridgehead atoms. The van der Waals surface area contributed by atoms with Crippen LogP contribution in [0.1, 0.15) is 59.4 Å². The smallest absolute Gasteiger partial charge is 0.259 e. The summed E-state index contributed by atoms with van der Waals surface area (Å²) in [5.74, 6) is 0. The van der Waals surface area contributed by atoms with E-state index < -0.39 is 8.53 Å². The zero-order valence-corrected chi connectivity index (χ0v) is 22.6. The molecular formula is C29H39N2O3P. The van der Waals surface area contributed by atoms with Crippen LogP contribution in [0.3, 0.4) is 0 Å². The Bertz CT molecular complexity index is 1050. The molecule has 6 heteroatoms. The minimum atomic E-state index is -1.24. The second-order valence-corrected chi connectivity index (χ2v) is 10.7. The first kappa shape index (κ1) is 27.5. The van der Waals surface area contributed by atoms with Crippen LogP contribution in [0.4, 0.5) is 0 Å². The zero-order chi connectivity index (χ0) is 25.2. The van der Waals surface area contributed by atoms with Gasteiger partial charge in [-0.15, -0.1) is 0 Å². The molecule has 0 spiro atoms. The predicted molar refractivity (Wildman–Crippen MR) is 146 cm³/mol. The molecule has 188 valence electrons. The molecule has 0 aliphatic carbocycles. The highest BCUT2D eigenvalue weighted by Crippen LogP contribution is 2.47. The van der Waals surface area contributed by atoms with Crippen molar-refractivity contribution in [3.05, 3.63) is 60.2 Å². The van der Waals surface area contributed by atoms with Gasteiger partial charge in [-0.25, -0.2) is 4.67 Å². The first-order valence-electron chi connectivity index (χ1n) is 12.7. The average Bonchev–Trinajstić information content (AvgIpc) is 2.84. The van der Waals surface area contributed by atoms with Crippen molar-refractivity contribution >= 4 is 30.1 Å². The molecule has 0 N–H and O–H groups in total. The minimum absolute atomic E-state index is 0.0347. The molecule has 0 amide bonds. The molecule has 3 rings (SSSR count). The molecule has 5 nitrogen and oxygen atoms in total. The predicted octanol–water partition coefficient (Wildman–Crippen LogP) is 7.97. The molecule has 0 heterocycles. The number of benzene rings is 3. The molecule has 1 unspecified atom stereocenters. The lowest BCUT2D eigenvalue weighted by molar-refractivity contribution is 0.0703. The Morgan fingerprint density at radius 3 is 2.06 bits per heavy atom. The number of nitrogens with zero attached hydrogens (tertiary/aromatic N) is 2. The van der Waals surface area contributed by atoms with Gasteiger partial charge in [0.25, 0.3) is 8.53 Å². The van der Waals surface area contributed by atoms with Crippen molar-refractivity contribution in [2.45, 2.75) is 78.7 Å². The zero-order valence-electron chi connectivity index (χ0n) is 21.7. The van der Waals surface area contributed by atoms with E-state index in [1.807, 2.05) is 0 Å². The van der Waals surface area contributed by atoms with Gasteiger partial charge in [0.1, 0.15) is 0 Å². The lowest BCUT2D eigenvalue weighted by atomic mass is 9.97. The highest BCUT2D eigenvalue weighted by atomic mass is 31.2. The van der Waals surface area contributed by atoms with Gasteiger partial charge in [0.15, 0.2) is 0 Å². The van der Waals surface area contributed by atoms with E-state index >= 15 is 0 Å². The van der Waals surface area contributed by atoms with Crippen LogP contribution in [-0.2, 0) is 20.4 Å². The molecule has 3 aromatic carbocycles. The van der Waals surface area contributed by atoms with Crippen LogP contribution >= 0.6 is 8.53 Å². The maximum Gasteiger partial charge on any atom is 0.259 e. The van der Waals surface area contributed by atoms with Gasteiger partial charge in [-0.1, -0.05) is 55.5 Å². The molecule has 0 saturated heterocycles. The molecule has 0 radical (unpaired) electrons. The second-order valence-electron chi connectivity index (χ2n) is 9.32. The Hall–Kier alpha value is -2.06. The van der Waals surface area contributed by atoms with E-state index in [2.05, 4.69) is 100.0 Å². The van der Waals surface area contributed by atoms with E-state index in [1.54, 1.807) is 0 Å². The molecule has 0 aliphatic rings. The van der Waals surface area contributed by atoms with Gasteiger partial charge in [0, 0.05) is 18.7 Å². The van der Waals surface area contributed by atoms with E-state index in [4.69, 9.17) is 19.0 Å². The van der Waals surface area contributed by atoms with Crippen LogP contribution in [0, 0.1) is 11.3 Å². The van der Waals surface area contributed by atoms with Crippen molar-refractivity contribution in [2.24, 2.45) is 0 Å². The summed E-state index contributed by atoms with van der Waals surface area (Å²) >= 11 is 0. The summed E-state index contributed by atoms with van der Waals surface area (Å²) in [5.41, 5.74) is 1.24. The SMILES string of the molecule is CC[C@H](CCOCc1c2ccccc2cc2ccccc12)OP(OCCC#N)N(C(C)C)C(C)C. The van der Waals surface area contributed by atoms with Gasteiger partial charge >= 0.3 is 0 Å². The molecule has 0 aliphatic heterocycles.